The van der Waals surface area contributed by atoms with Crippen LogP contribution in [0, 0.1) is 0 Å². The van der Waals surface area contributed by atoms with Crippen LogP contribution in [0.5, 0.6) is 0 Å². The fraction of sp³-hybridized carbons (Fsp3) is 0.571. The number of halogens is 1. The normalized spacial score (nSPS) is 21.9. The first-order chi connectivity index (χ1) is 8.16. The van der Waals surface area contributed by atoms with E-state index in [1.165, 1.54) is 24.1 Å². The molecule has 1 aromatic carbocycles. The molecule has 0 unspecified atom stereocenters. The summed E-state index contributed by atoms with van der Waals surface area (Å²) in [5.41, 5.74) is 8.67. The van der Waals surface area contributed by atoms with E-state index in [-0.39, 0.29) is 5.54 Å². The molecule has 1 aliphatic carbocycles. The quantitative estimate of drug-likeness (QED) is 0.894. The lowest BCUT2D eigenvalue weighted by Crippen LogP contribution is -2.24. The van der Waals surface area contributed by atoms with Crippen LogP contribution in [0.2, 0.25) is 5.02 Å². The van der Waals surface area contributed by atoms with E-state index in [4.69, 9.17) is 17.3 Å². The van der Waals surface area contributed by atoms with Gasteiger partial charge in [-0.25, -0.2) is 0 Å². The Morgan fingerprint density at radius 2 is 1.94 bits per heavy atom. The van der Waals surface area contributed by atoms with Crippen molar-refractivity contribution in [2.24, 2.45) is 5.73 Å². The summed E-state index contributed by atoms with van der Waals surface area (Å²) in [4.78, 5) is 2.38. The standard InChI is InChI=1S/C14H19ClN2/c15-12-9-11(10-14(16)5-6-14)3-4-13(12)17-7-1-2-8-17/h3-4,9H,1-2,5-8,10,16H2. The number of hydrogen-bond donors (Lipinski definition) is 1. The zero-order chi connectivity index (χ0) is 11.9. The molecule has 1 saturated heterocycles. The van der Waals surface area contributed by atoms with Crippen molar-refractivity contribution < 1.29 is 0 Å². The molecule has 1 aliphatic heterocycles. The van der Waals surface area contributed by atoms with E-state index >= 15 is 0 Å². The predicted octanol–water partition coefficient (Wildman–Crippen LogP) is 2.97. The molecule has 0 radical (unpaired) electrons. The molecule has 3 rings (SSSR count). The Hall–Kier alpha value is -0.730. The second-order valence-electron chi connectivity index (χ2n) is 5.52. The van der Waals surface area contributed by atoms with E-state index in [0.29, 0.717) is 0 Å². The molecule has 92 valence electrons. The van der Waals surface area contributed by atoms with Gasteiger partial charge in [-0.05, 0) is 49.8 Å². The molecular formula is C14H19ClN2. The van der Waals surface area contributed by atoms with Gasteiger partial charge in [0, 0.05) is 18.6 Å². The van der Waals surface area contributed by atoms with Crippen molar-refractivity contribution in [1.29, 1.82) is 0 Å². The van der Waals surface area contributed by atoms with Gasteiger partial charge in [0.05, 0.1) is 10.7 Å². The van der Waals surface area contributed by atoms with Gasteiger partial charge in [0.1, 0.15) is 0 Å². The third-order valence-electron chi connectivity index (χ3n) is 3.91. The van der Waals surface area contributed by atoms with Crippen LogP contribution >= 0.6 is 11.6 Å². The van der Waals surface area contributed by atoms with Gasteiger partial charge in [0.2, 0.25) is 0 Å². The number of anilines is 1. The van der Waals surface area contributed by atoms with E-state index in [0.717, 1.165) is 37.4 Å². The Labute approximate surface area is 108 Å². The number of rotatable bonds is 3. The summed E-state index contributed by atoms with van der Waals surface area (Å²) in [6.45, 7) is 2.28. The minimum atomic E-state index is 0.0679. The highest BCUT2D eigenvalue weighted by Crippen LogP contribution is 2.37. The summed E-state index contributed by atoms with van der Waals surface area (Å²) in [5, 5.41) is 0.883. The molecule has 2 N–H and O–H groups in total. The third kappa shape index (κ3) is 2.43. The van der Waals surface area contributed by atoms with Gasteiger partial charge < -0.3 is 10.6 Å². The molecule has 0 atom stereocenters. The van der Waals surface area contributed by atoms with Gasteiger partial charge in [-0.3, -0.25) is 0 Å². The molecule has 0 aromatic heterocycles. The Balaban J connectivity index is 1.78. The molecule has 2 fully saturated rings. The number of benzene rings is 1. The van der Waals surface area contributed by atoms with E-state index in [1.54, 1.807) is 0 Å². The largest absolute Gasteiger partial charge is 0.370 e. The van der Waals surface area contributed by atoms with Crippen molar-refractivity contribution >= 4 is 17.3 Å². The maximum absolute atomic E-state index is 6.38. The number of hydrogen-bond acceptors (Lipinski definition) is 2. The minimum Gasteiger partial charge on any atom is -0.370 e. The Morgan fingerprint density at radius 1 is 1.24 bits per heavy atom. The summed E-state index contributed by atoms with van der Waals surface area (Å²) in [6, 6.07) is 6.45. The van der Waals surface area contributed by atoms with Gasteiger partial charge in [-0.15, -0.1) is 0 Å². The SMILES string of the molecule is NC1(Cc2ccc(N3CCCC3)c(Cl)c2)CC1. The highest BCUT2D eigenvalue weighted by atomic mass is 35.5. The average molecular weight is 251 g/mol. The molecule has 17 heavy (non-hydrogen) atoms. The molecule has 3 heteroatoms. The molecule has 0 spiro atoms. The van der Waals surface area contributed by atoms with Crippen LogP contribution in [0.15, 0.2) is 18.2 Å². The maximum atomic E-state index is 6.38. The van der Waals surface area contributed by atoms with Crippen LogP contribution in [0.4, 0.5) is 5.69 Å². The smallest absolute Gasteiger partial charge is 0.0642 e. The van der Waals surface area contributed by atoms with E-state index < -0.39 is 0 Å². The summed E-state index contributed by atoms with van der Waals surface area (Å²) in [6.07, 6.45) is 5.83. The summed E-state index contributed by atoms with van der Waals surface area (Å²) in [5.74, 6) is 0. The lowest BCUT2D eigenvalue weighted by Gasteiger charge is -2.20. The van der Waals surface area contributed by atoms with Gasteiger partial charge in [0.25, 0.3) is 0 Å². The van der Waals surface area contributed by atoms with Crippen LogP contribution in [0.3, 0.4) is 0 Å². The topological polar surface area (TPSA) is 29.3 Å². The summed E-state index contributed by atoms with van der Waals surface area (Å²) < 4.78 is 0. The highest BCUT2D eigenvalue weighted by Gasteiger charge is 2.38. The molecule has 2 aliphatic rings. The van der Waals surface area contributed by atoms with Crippen LogP contribution in [0.25, 0.3) is 0 Å². The minimum absolute atomic E-state index is 0.0679. The Morgan fingerprint density at radius 3 is 2.53 bits per heavy atom. The van der Waals surface area contributed by atoms with E-state index in [9.17, 15) is 0 Å². The van der Waals surface area contributed by atoms with Gasteiger partial charge in [0.15, 0.2) is 0 Å². The molecule has 1 aromatic rings. The van der Waals surface area contributed by atoms with Crippen LogP contribution in [0.1, 0.15) is 31.2 Å². The highest BCUT2D eigenvalue weighted by molar-refractivity contribution is 6.33. The van der Waals surface area contributed by atoms with Gasteiger partial charge in [-0.2, -0.15) is 0 Å². The van der Waals surface area contributed by atoms with E-state index in [1.807, 2.05) is 0 Å². The van der Waals surface area contributed by atoms with Crippen molar-refractivity contribution in [3.63, 3.8) is 0 Å². The second kappa shape index (κ2) is 4.18. The van der Waals surface area contributed by atoms with Crippen molar-refractivity contribution in [2.45, 2.75) is 37.6 Å². The third-order valence-corrected chi connectivity index (χ3v) is 4.21. The van der Waals surface area contributed by atoms with Crippen molar-refractivity contribution in [1.82, 2.24) is 0 Å². The zero-order valence-electron chi connectivity index (χ0n) is 10.1. The molecule has 1 heterocycles. The lowest BCUT2D eigenvalue weighted by molar-refractivity contribution is 0.672. The maximum Gasteiger partial charge on any atom is 0.0642 e. The van der Waals surface area contributed by atoms with Crippen molar-refractivity contribution in [3.8, 4) is 0 Å². The summed E-state index contributed by atoms with van der Waals surface area (Å²) >= 11 is 6.38. The van der Waals surface area contributed by atoms with Gasteiger partial charge >= 0.3 is 0 Å². The van der Waals surface area contributed by atoms with Crippen LogP contribution in [-0.4, -0.2) is 18.6 Å². The van der Waals surface area contributed by atoms with E-state index in [2.05, 4.69) is 23.1 Å². The molecule has 0 bridgehead atoms. The molecular weight excluding hydrogens is 232 g/mol. The Bertz CT molecular complexity index is 420. The predicted molar refractivity (Wildman–Crippen MR) is 72.8 cm³/mol. The number of nitrogens with two attached hydrogens (primary N) is 1. The number of nitrogens with zero attached hydrogens (tertiary/aromatic N) is 1. The van der Waals surface area contributed by atoms with Gasteiger partial charge in [-0.1, -0.05) is 17.7 Å². The van der Waals surface area contributed by atoms with Crippen LogP contribution < -0.4 is 10.6 Å². The molecule has 0 amide bonds. The van der Waals surface area contributed by atoms with Crippen LogP contribution in [-0.2, 0) is 6.42 Å². The molecule has 1 saturated carbocycles. The average Bonchev–Trinajstić information content (AvgIpc) is 2.81. The monoisotopic (exact) mass is 250 g/mol. The fourth-order valence-corrected chi connectivity index (χ4v) is 2.94. The fourth-order valence-electron chi connectivity index (χ4n) is 2.62. The first-order valence-electron chi connectivity index (χ1n) is 6.49. The zero-order valence-corrected chi connectivity index (χ0v) is 10.8. The second-order valence-corrected chi connectivity index (χ2v) is 5.93. The first-order valence-corrected chi connectivity index (χ1v) is 6.86. The summed E-state index contributed by atoms with van der Waals surface area (Å²) in [7, 11) is 0. The lowest BCUT2D eigenvalue weighted by atomic mass is 10.0. The van der Waals surface area contributed by atoms with Crippen molar-refractivity contribution in [2.75, 3.05) is 18.0 Å². The first kappa shape index (κ1) is 11.4. The van der Waals surface area contributed by atoms with Crippen molar-refractivity contribution in [3.05, 3.63) is 28.8 Å². The Kier molecular flexibility index (Phi) is 2.80. The molecule has 2 nitrogen and oxygen atoms in total.